The molecule has 0 spiro atoms. The molecule has 0 aliphatic heterocycles. The average Bonchev–Trinajstić information content (AvgIpc) is 2.90. The van der Waals surface area contributed by atoms with E-state index in [0.717, 1.165) is 16.5 Å². The lowest BCUT2D eigenvalue weighted by molar-refractivity contribution is -0.117. The third kappa shape index (κ3) is 7.57. The van der Waals surface area contributed by atoms with E-state index < -0.39 is 0 Å². The number of hydrogen-bond acceptors (Lipinski definition) is 5. The Balaban J connectivity index is 1.81. The van der Waals surface area contributed by atoms with E-state index in [1.165, 1.54) is 22.5 Å². The molecule has 1 amide bonds. The number of carbonyl (C=O) groups excluding carboxylic acids is 1. The first-order valence-corrected chi connectivity index (χ1v) is 10.3. The smallest absolute Gasteiger partial charge is 0.226 e. The van der Waals surface area contributed by atoms with Gasteiger partial charge in [-0.1, -0.05) is 80.6 Å². The van der Waals surface area contributed by atoms with Gasteiger partial charge in [-0.05, 0) is 30.2 Å². The Hall–Kier alpha value is -1.40. The molecular formula is C19H27N3OS2. The standard InChI is InChI=1S/C19H27N3OS2/c1-13-7-6-8-15(9-13)12-24-18-22-21-17(25-18)20-16(23)10-14(2)11-19(3,4)5/h6-9,14H,10-12H2,1-5H3,(H,20,21,23)/t14-/m1/s1. The summed E-state index contributed by atoms with van der Waals surface area (Å²) < 4.78 is 0.875. The summed E-state index contributed by atoms with van der Waals surface area (Å²) in [6.45, 7) is 10.8. The Morgan fingerprint density at radius 1 is 1.32 bits per heavy atom. The van der Waals surface area contributed by atoms with Crippen molar-refractivity contribution < 1.29 is 4.79 Å². The van der Waals surface area contributed by atoms with Gasteiger partial charge < -0.3 is 5.32 Å². The molecule has 4 nitrogen and oxygen atoms in total. The summed E-state index contributed by atoms with van der Waals surface area (Å²) >= 11 is 3.08. The van der Waals surface area contributed by atoms with Crippen LogP contribution in [0.5, 0.6) is 0 Å². The lowest BCUT2D eigenvalue weighted by Gasteiger charge is -2.22. The van der Waals surface area contributed by atoms with E-state index in [2.05, 4.69) is 74.4 Å². The number of rotatable bonds is 7. The maximum absolute atomic E-state index is 12.2. The number of amides is 1. The van der Waals surface area contributed by atoms with Gasteiger partial charge in [-0.3, -0.25) is 4.79 Å². The molecule has 0 saturated carbocycles. The van der Waals surface area contributed by atoms with Crippen molar-refractivity contribution in [3.05, 3.63) is 35.4 Å². The summed E-state index contributed by atoms with van der Waals surface area (Å²) in [5.74, 6) is 1.22. The minimum absolute atomic E-state index is 0.0168. The zero-order valence-corrected chi connectivity index (χ0v) is 17.3. The molecule has 0 saturated heterocycles. The second-order valence-corrected chi connectivity index (χ2v) is 9.97. The number of nitrogens with one attached hydrogen (secondary N) is 1. The van der Waals surface area contributed by atoms with Gasteiger partial charge in [-0.2, -0.15) is 0 Å². The van der Waals surface area contributed by atoms with Crippen molar-refractivity contribution in [3.8, 4) is 0 Å². The van der Waals surface area contributed by atoms with Gasteiger partial charge in [-0.25, -0.2) is 0 Å². The second kappa shape index (κ2) is 8.81. The van der Waals surface area contributed by atoms with Crippen LogP contribution in [-0.2, 0) is 10.5 Å². The Kier molecular flexibility index (Phi) is 7.02. The molecule has 0 bridgehead atoms. The van der Waals surface area contributed by atoms with Gasteiger partial charge in [0.25, 0.3) is 0 Å². The summed E-state index contributed by atoms with van der Waals surface area (Å²) in [6.07, 6.45) is 1.54. The molecule has 0 aliphatic rings. The van der Waals surface area contributed by atoms with Gasteiger partial charge in [0.05, 0.1) is 0 Å². The van der Waals surface area contributed by atoms with Gasteiger partial charge in [0.1, 0.15) is 0 Å². The van der Waals surface area contributed by atoms with Gasteiger partial charge in [0.2, 0.25) is 11.0 Å². The number of thioether (sulfide) groups is 1. The third-order valence-electron chi connectivity index (χ3n) is 3.59. The summed E-state index contributed by atoms with van der Waals surface area (Å²) in [5.41, 5.74) is 2.76. The largest absolute Gasteiger partial charge is 0.300 e. The molecule has 0 fully saturated rings. The molecule has 2 aromatic rings. The molecule has 136 valence electrons. The fourth-order valence-electron chi connectivity index (χ4n) is 2.87. The molecule has 0 unspecified atom stereocenters. The van der Waals surface area contributed by atoms with Crippen LogP contribution < -0.4 is 5.32 Å². The number of carbonyl (C=O) groups is 1. The molecule has 1 atom stereocenters. The normalized spacial score (nSPS) is 12.8. The Bertz CT molecular complexity index is 707. The van der Waals surface area contributed by atoms with Gasteiger partial charge >= 0.3 is 0 Å². The lowest BCUT2D eigenvalue weighted by Crippen LogP contribution is -2.18. The Morgan fingerprint density at radius 2 is 2.08 bits per heavy atom. The zero-order valence-electron chi connectivity index (χ0n) is 15.6. The molecule has 1 aromatic heterocycles. The third-order valence-corrected chi connectivity index (χ3v) is 5.64. The highest BCUT2D eigenvalue weighted by Gasteiger charge is 2.18. The predicted molar refractivity (Wildman–Crippen MR) is 107 cm³/mol. The van der Waals surface area contributed by atoms with Crippen molar-refractivity contribution in [1.82, 2.24) is 10.2 Å². The van der Waals surface area contributed by atoms with E-state index in [-0.39, 0.29) is 11.3 Å². The minimum Gasteiger partial charge on any atom is -0.300 e. The Morgan fingerprint density at radius 3 is 2.76 bits per heavy atom. The average molecular weight is 378 g/mol. The van der Waals surface area contributed by atoms with E-state index in [1.54, 1.807) is 11.8 Å². The molecular weight excluding hydrogens is 350 g/mol. The molecule has 25 heavy (non-hydrogen) atoms. The van der Waals surface area contributed by atoms with E-state index in [0.29, 0.717) is 17.5 Å². The first-order chi connectivity index (χ1) is 11.7. The van der Waals surface area contributed by atoms with Crippen LogP contribution in [0.1, 0.15) is 51.7 Å². The highest BCUT2D eigenvalue weighted by atomic mass is 32.2. The summed E-state index contributed by atoms with van der Waals surface area (Å²) in [5, 5.41) is 11.7. The van der Waals surface area contributed by atoms with Crippen LogP contribution in [0, 0.1) is 18.3 Å². The van der Waals surface area contributed by atoms with Crippen molar-refractivity contribution >= 4 is 34.1 Å². The van der Waals surface area contributed by atoms with Crippen molar-refractivity contribution in [2.24, 2.45) is 11.3 Å². The Labute approximate surface area is 158 Å². The van der Waals surface area contributed by atoms with E-state index in [1.807, 2.05) is 0 Å². The second-order valence-electron chi connectivity index (χ2n) is 7.77. The van der Waals surface area contributed by atoms with E-state index in [4.69, 9.17) is 0 Å². The molecule has 1 N–H and O–H groups in total. The fraction of sp³-hybridized carbons (Fsp3) is 0.526. The molecule has 2 rings (SSSR count). The van der Waals surface area contributed by atoms with Crippen LogP contribution in [0.15, 0.2) is 28.6 Å². The summed E-state index contributed by atoms with van der Waals surface area (Å²) in [6, 6.07) is 8.44. The van der Waals surface area contributed by atoms with Crippen molar-refractivity contribution in [2.75, 3.05) is 5.32 Å². The molecule has 1 heterocycles. The van der Waals surface area contributed by atoms with Crippen molar-refractivity contribution in [2.45, 2.75) is 57.6 Å². The molecule has 6 heteroatoms. The van der Waals surface area contributed by atoms with E-state index in [9.17, 15) is 4.79 Å². The molecule has 0 radical (unpaired) electrons. The SMILES string of the molecule is Cc1cccc(CSc2nnc(NC(=O)C[C@@H](C)CC(C)(C)C)s2)c1. The monoisotopic (exact) mass is 377 g/mol. The van der Waals surface area contributed by atoms with Crippen LogP contribution in [0.3, 0.4) is 0 Å². The maximum atomic E-state index is 12.2. The first-order valence-electron chi connectivity index (χ1n) is 8.53. The minimum atomic E-state index is 0.0168. The van der Waals surface area contributed by atoms with Crippen LogP contribution in [0.4, 0.5) is 5.13 Å². The lowest BCUT2D eigenvalue weighted by atomic mass is 9.84. The number of anilines is 1. The van der Waals surface area contributed by atoms with Crippen LogP contribution in [-0.4, -0.2) is 16.1 Å². The fourth-order valence-corrected chi connectivity index (χ4v) is 4.58. The molecule has 1 aromatic carbocycles. The van der Waals surface area contributed by atoms with Crippen LogP contribution >= 0.6 is 23.1 Å². The van der Waals surface area contributed by atoms with Crippen LogP contribution in [0.2, 0.25) is 0 Å². The quantitative estimate of drug-likeness (QED) is 0.508. The highest BCUT2D eigenvalue weighted by molar-refractivity contribution is 8.00. The number of aromatic nitrogens is 2. The van der Waals surface area contributed by atoms with Crippen molar-refractivity contribution in [3.63, 3.8) is 0 Å². The van der Waals surface area contributed by atoms with Gasteiger partial charge in [-0.15, -0.1) is 10.2 Å². The van der Waals surface area contributed by atoms with Crippen molar-refractivity contribution in [1.29, 1.82) is 0 Å². The predicted octanol–water partition coefficient (Wildman–Crippen LogP) is 5.54. The van der Waals surface area contributed by atoms with Gasteiger partial charge in [0, 0.05) is 12.2 Å². The number of nitrogens with zero attached hydrogens (tertiary/aromatic N) is 2. The van der Waals surface area contributed by atoms with Gasteiger partial charge in [0.15, 0.2) is 4.34 Å². The number of benzene rings is 1. The number of hydrogen-bond donors (Lipinski definition) is 1. The van der Waals surface area contributed by atoms with Crippen LogP contribution in [0.25, 0.3) is 0 Å². The molecule has 0 aliphatic carbocycles. The topological polar surface area (TPSA) is 54.9 Å². The first kappa shape index (κ1) is 19.9. The maximum Gasteiger partial charge on any atom is 0.226 e. The summed E-state index contributed by atoms with van der Waals surface area (Å²) in [7, 11) is 0. The zero-order chi connectivity index (χ0) is 18.4. The number of aryl methyl sites for hydroxylation is 1. The summed E-state index contributed by atoms with van der Waals surface area (Å²) in [4.78, 5) is 12.2. The van der Waals surface area contributed by atoms with E-state index >= 15 is 0 Å². The highest BCUT2D eigenvalue weighted by Crippen LogP contribution is 2.29.